The summed E-state index contributed by atoms with van der Waals surface area (Å²) in [5.41, 5.74) is 0.287. The lowest BCUT2D eigenvalue weighted by Gasteiger charge is -2.08. The monoisotopic (exact) mass is 293 g/mol. The third kappa shape index (κ3) is 3.39. The van der Waals surface area contributed by atoms with E-state index in [2.05, 4.69) is 25.8 Å². The van der Waals surface area contributed by atoms with E-state index in [-0.39, 0.29) is 22.2 Å². The van der Waals surface area contributed by atoms with E-state index >= 15 is 0 Å². The molecule has 1 aromatic carbocycles. The standard InChI is InChI=1S/C11H8ClN5O3/c12-7-5-6(9(18)19)1-2-8(7)15-11(20)16-10-13-3-4-14-17-10/h1-5H,(H,18,19)(H2,13,15,16,17,20). The first-order valence-electron chi connectivity index (χ1n) is 5.31. The van der Waals surface area contributed by atoms with Gasteiger partial charge in [0, 0.05) is 0 Å². The highest BCUT2D eigenvalue weighted by Gasteiger charge is 2.10. The van der Waals surface area contributed by atoms with E-state index in [4.69, 9.17) is 16.7 Å². The van der Waals surface area contributed by atoms with Gasteiger partial charge >= 0.3 is 12.0 Å². The second-order valence-electron chi connectivity index (χ2n) is 3.55. The largest absolute Gasteiger partial charge is 0.478 e. The number of aromatic carboxylic acids is 1. The minimum absolute atomic E-state index is 0.0246. The van der Waals surface area contributed by atoms with Crippen molar-refractivity contribution in [1.82, 2.24) is 15.2 Å². The first kappa shape index (κ1) is 13.7. The molecule has 2 rings (SSSR count). The zero-order chi connectivity index (χ0) is 14.5. The molecular formula is C11H8ClN5O3. The Kier molecular flexibility index (Phi) is 4.06. The van der Waals surface area contributed by atoms with Crippen molar-refractivity contribution in [3.05, 3.63) is 41.2 Å². The highest BCUT2D eigenvalue weighted by Crippen LogP contribution is 2.23. The van der Waals surface area contributed by atoms with Crippen molar-refractivity contribution in [1.29, 1.82) is 0 Å². The van der Waals surface area contributed by atoms with Crippen LogP contribution in [0, 0.1) is 0 Å². The van der Waals surface area contributed by atoms with Crippen molar-refractivity contribution in [3.8, 4) is 0 Å². The Morgan fingerprint density at radius 2 is 2.00 bits per heavy atom. The van der Waals surface area contributed by atoms with E-state index in [9.17, 15) is 9.59 Å². The second-order valence-corrected chi connectivity index (χ2v) is 3.95. The van der Waals surface area contributed by atoms with E-state index in [1.807, 2.05) is 0 Å². The predicted molar refractivity (Wildman–Crippen MR) is 70.9 cm³/mol. The van der Waals surface area contributed by atoms with Gasteiger partial charge in [0.05, 0.1) is 28.7 Å². The summed E-state index contributed by atoms with van der Waals surface area (Å²) in [6, 6.07) is 3.32. The third-order valence-electron chi connectivity index (χ3n) is 2.17. The lowest BCUT2D eigenvalue weighted by Crippen LogP contribution is -2.21. The number of hydrogen-bond acceptors (Lipinski definition) is 5. The Morgan fingerprint density at radius 1 is 1.20 bits per heavy atom. The topological polar surface area (TPSA) is 117 Å². The number of halogens is 1. The quantitative estimate of drug-likeness (QED) is 0.795. The van der Waals surface area contributed by atoms with Gasteiger partial charge in [-0.2, -0.15) is 5.10 Å². The number of amides is 2. The van der Waals surface area contributed by atoms with Crippen molar-refractivity contribution in [2.24, 2.45) is 0 Å². The molecule has 2 aromatic rings. The third-order valence-corrected chi connectivity index (χ3v) is 2.48. The molecule has 9 heteroatoms. The Labute approximate surface area is 117 Å². The van der Waals surface area contributed by atoms with Crippen LogP contribution in [-0.2, 0) is 0 Å². The summed E-state index contributed by atoms with van der Waals surface area (Å²) in [4.78, 5) is 26.2. The molecular weight excluding hydrogens is 286 g/mol. The fourth-order valence-corrected chi connectivity index (χ4v) is 1.54. The van der Waals surface area contributed by atoms with Gasteiger partial charge in [0.25, 0.3) is 5.95 Å². The number of nitrogens with zero attached hydrogens (tertiary/aromatic N) is 3. The number of hydrogen-bond donors (Lipinski definition) is 3. The van der Waals surface area contributed by atoms with Crippen LogP contribution < -0.4 is 10.6 Å². The molecule has 0 saturated carbocycles. The Morgan fingerprint density at radius 3 is 2.60 bits per heavy atom. The highest BCUT2D eigenvalue weighted by atomic mass is 35.5. The Balaban J connectivity index is 2.06. The van der Waals surface area contributed by atoms with Crippen LogP contribution in [0.3, 0.4) is 0 Å². The molecule has 0 radical (unpaired) electrons. The Hall–Kier alpha value is -2.74. The number of nitrogens with one attached hydrogen (secondary N) is 2. The number of carboxylic acid groups (broad SMARTS) is 1. The highest BCUT2D eigenvalue weighted by molar-refractivity contribution is 6.34. The van der Waals surface area contributed by atoms with E-state index in [0.29, 0.717) is 0 Å². The molecule has 0 spiro atoms. The molecule has 0 fully saturated rings. The molecule has 2 amide bonds. The van der Waals surface area contributed by atoms with Gasteiger partial charge < -0.3 is 10.4 Å². The summed E-state index contributed by atoms with van der Waals surface area (Å²) < 4.78 is 0. The molecule has 0 aliphatic rings. The number of carbonyl (C=O) groups is 2. The molecule has 0 aliphatic carbocycles. The van der Waals surface area contributed by atoms with Gasteiger partial charge in [0.1, 0.15) is 0 Å². The molecule has 102 valence electrons. The predicted octanol–water partition coefficient (Wildman–Crippen LogP) is 1.87. The van der Waals surface area contributed by atoms with Gasteiger partial charge in [-0.05, 0) is 18.2 Å². The molecule has 0 aliphatic heterocycles. The van der Waals surface area contributed by atoms with Crippen LogP contribution in [0.4, 0.5) is 16.4 Å². The zero-order valence-corrected chi connectivity index (χ0v) is 10.6. The summed E-state index contributed by atoms with van der Waals surface area (Å²) >= 11 is 5.87. The summed E-state index contributed by atoms with van der Waals surface area (Å²) in [7, 11) is 0. The van der Waals surface area contributed by atoms with Crippen molar-refractivity contribution in [3.63, 3.8) is 0 Å². The summed E-state index contributed by atoms with van der Waals surface area (Å²) in [6.07, 6.45) is 2.74. The van der Waals surface area contributed by atoms with Gasteiger partial charge in [0.15, 0.2) is 0 Å². The van der Waals surface area contributed by atoms with Crippen molar-refractivity contribution >= 4 is 35.2 Å². The first-order valence-corrected chi connectivity index (χ1v) is 5.68. The smallest absolute Gasteiger partial charge is 0.335 e. The molecule has 0 atom stereocenters. The average molecular weight is 294 g/mol. The summed E-state index contributed by atoms with van der Waals surface area (Å²) in [5.74, 6) is -1.07. The maximum Gasteiger partial charge on any atom is 0.335 e. The van der Waals surface area contributed by atoms with E-state index < -0.39 is 12.0 Å². The van der Waals surface area contributed by atoms with Gasteiger partial charge in [-0.25, -0.2) is 14.6 Å². The number of urea groups is 1. The Bertz CT molecular complexity index is 650. The van der Waals surface area contributed by atoms with Crippen molar-refractivity contribution < 1.29 is 14.7 Å². The normalized spacial score (nSPS) is 9.85. The molecule has 0 saturated heterocycles. The van der Waals surface area contributed by atoms with Crippen molar-refractivity contribution in [2.75, 3.05) is 10.6 Å². The van der Waals surface area contributed by atoms with Gasteiger partial charge in [-0.15, -0.1) is 5.10 Å². The maximum absolute atomic E-state index is 11.6. The summed E-state index contributed by atoms with van der Waals surface area (Å²) in [5, 5.41) is 20.8. The van der Waals surface area contributed by atoms with Crippen LogP contribution in [0.5, 0.6) is 0 Å². The molecule has 1 aromatic heterocycles. The lowest BCUT2D eigenvalue weighted by atomic mass is 10.2. The summed E-state index contributed by atoms with van der Waals surface area (Å²) in [6.45, 7) is 0. The van der Waals surface area contributed by atoms with Crippen LogP contribution in [0.2, 0.25) is 5.02 Å². The van der Waals surface area contributed by atoms with E-state index in [0.717, 1.165) is 0 Å². The van der Waals surface area contributed by atoms with Crippen LogP contribution in [-0.4, -0.2) is 32.3 Å². The van der Waals surface area contributed by atoms with Crippen LogP contribution in [0.15, 0.2) is 30.6 Å². The molecule has 0 unspecified atom stereocenters. The molecule has 8 nitrogen and oxygen atoms in total. The van der Waals surface area contributed by atoms with Crippen LogP contribution in [0.25, 0.3) is 0 Å². The molecule has 3 N–H and O–H groups in total. The lowest BCUT2D eigenvalue weighted by molar-refractivity contribution is 0.0697. The number of carboxylic acids is 1. The number of benzene rings is 1. The van der Waals surface area contributed by atoms with Gasteiger partial charge in [-0.3, -0.25) is 5.32 Å². The van der Waals surface area contributed by atoms with Crippen LogP contribution >= 0.6 is 11.6 Å². The SMILES string of the molecule is O=C(Nc1nccnn1)Nc1ccc(C(=O)O)cc1Cl. The molecule has 20 heavy (non-hydrogen) atoms. The van der Waals surface area contributed by atoms with Crippen LogP contribution in [0.1, 0.15) is 10.4 Å². The van der Waals surface area contributed by atoms with Gasteiger partial charge in [-0.1, -0.05) is 11.6 Å². The number of aromatic nitrogens is 3. The average Bonchev–Trinajstić information content (AvgIpc) is 2.42. The van der Waals surface area contributed by atoms with Crippen molar-refractivity contribution in [2.45, 2.75) is 0 Å². The molecule has 0 bridgehead atoms. The second kappa shape index (κ2) is 5.93. The fraction of sp³-hybridized carbons (Fsp3) is 0. The fourth-order valence-electron chi connectivity index (χ4n) is 1.31. The minimum atomic E-state index is -1.10. The minimum Gasteiger partial charge on any atom is -0.478 e. The number of rotatable bonds is 3. The van der Waals surface area contributed by atoms with E-state index in [1.54, 1.807) is 0 Å². The first-order chi connectivity index (χ1) is 9.56. The maximum atomic E-state index is 11.6. The molecule has 1 heterocycles. The number of carbonyl (C=O) groups excluding carboxylic acids is 1. The zero-order valence-electron chi connectivity index (χ0n) is 9.87. The number of anilines is 2. The van der Waals surface area contributed by atoms with E-state index in [1.165, 1.54) is 30.6 Å². The van der Waals surface area contributed by atoms with Gasteiger partial charge in [0.2, 0.25) is 0 Å².